The molecule has 120 valence electrons. The maximum absolute atomic E-state index is 13.5. The molecule has 1 saturated heterocycles. The molecular weight excluding hydrogens is 345 g/mol. The summed E-state index contributed by atoms with van der Waals surface area (Å²) in [5.74, 6) is -0.188. The first-order valence-electron chi connectivity index (χ1n) is 6.89. The molecule has 0 N–H and O–H groups in total. The largest absolute Gasteiger partial charge is 0.491 e. The standard InChI is InChI=1S/C15H18BCl2FO2S/c1-14(2)15(3,4)21-16(20-14)10(8-22)5-9-6-11(17)13(19)12(18)7-9/h5-7,22H,8H2,1-4H3. The number of hydrogen-bond acceptors (Lipinski definition) is 3. The molecule has 2 nitrogen and oxygen atoms in total. The van der Waals surface area contributed by atoms with Gasteiger partial charge in [-0.3, -0.25) is 0 Å². The van der Waals surface area contributed by atoms with Gasteiger partial charge in [-0.2, -0.15) is 12.6 Å². The molecule has 1 aliphatic heterocycles. The molecule has 0 aliphatic carbocycles. The topological polar surface area (TPSA) is 18.5 Å². The average molecular weight is 363 g/mol. The second-order valence-electron chi connectivity index (χ2n) is 6.26. The molecule has 1 heterocycles. The highest BCUT2D eigenvalue weighted by atomic mass is 35.5. The summed E-state index contributed by atoms with van der Waals surface area (Å²) in [6, 6.07) is 3.02. The zero-order valence-electron chi connectivity index (χ0n) is 12.9. The van der Waals surface area contributed by atoms with Gasteiger partial charge in [0.25, 0.3) is 0 Å². The highest BCUT2D eigenvalue weighted by Crippen LogP contribution is 2.39. The first kappa shape index (κ1) is 18.1. The Hall–Kier alpha value is -0.195. The molecule has 7 heteroatoms. The molecular formula is C15H18BCl2FO2S. The summed E-state index contributed by atoms with van der Waals surface area (Å²) in [6.45, 7) is 7.92. The summed E-state index contributed by atoms with van der Waals surface area (Å²) >= 11 is 16.0. The van der Waals surface area contributed by atoms with Crippen LogP contribution in [0.2, 0.25) is 10.0 Å². The van der Waals surface area contributed by atoms with Crippen LogP contribution in [0.1, 0.15) is 33.3 Å². The normalized spacial score (nSPS) is 20.5. The van der Waals surface area contributed by atoms with E-state index in [1.54, 1.807) is 0 Å². The third kappa shape index (κ3) is 3.49. The van der Waals surface area contributed by atoms with Crippen molar-refractivity contribution in [3.8, 4) is 0 Å². The number of thiol groups is 1. The van der Waals surface area contributed by atoms with E-state index in [9.17, 15) is 4.39 Å². The van der Waals surface area contributed by atoms with Crippen molar-refractivity contribution in [1.82, 2.24) is 0 Å². The van der Waals surface area contributed by atoms with E-state index in [4.69, 9.17) is 32.5 Å². The maximum atomic E-state index is 13.5. The Labute approximate surface area is 146 Å². The van der Waals surface area contributed by atoms with Crippen molar-refractivity contribution in [1.29, 1.82) is 0 Å². The molecule has 1 fully saturated rings. The summed E-state index contributed by atoms with van der Waals surface area (Å²) in [7, 11) is -0.509. The van der Waals surface area contributed by atoms with Crippen LogP contribution in [0.5, 0.6) is 0 Å². The third-order valence-electron chi connectivity index (χ3n) is 4.10. The molecule has 0 spiro atoms. The van der Waals surface area contributed by atoms with Crippen molar-refractivity contribution in [2.45, 2.75) is 38.9 Å². The van der Waals surface area contributed by atoms with Gasteiger partial charge in [0.1, 0.15) is 0 Å². The Morgan fingerprint density at radius 1 is 1.18 bits per heavy atom. The molecule has 0 atom stereocenters. The van der Waals surface area contributed by atoms with Gasteiger partial charge >= 0.3 is 7.12 Å². The quantitative estimate of drug-likeness (QED) is 0.459. The minimum atomic E-state index is -0.622. The van der Waals surface area contributed by atoms with E-state index in [0.717, 1.165) is 5.47 Å². The summed E-state index contributed by atoms with van der Waals surface area (Å²) in [5, 5.41) is -0.0441. The Morgan fingerprint density at radius 2 is 1.64 bits per heavy atom. The van der Waals surface area contributed by atoms with Crippen LogP contribution < -0.4 is 0 Å². The Kier molecular flexibility index (Phi) is 5.25. The van der Waals surface area contributed by atoms with E-state index in [2.05, 4.69) is 12.6 Å². The predicted octanol–water partition coefficient (Wildman–Crippen LogP) is 5.08. The Bertz CT molecular complexity index is 581. The molecule has 1 aromatic carbocycles. The first-order valence-corrected chi connectivity index (χ1v) is 8.28. The summed E-state index contributed by atoms with van der Waals surface area (Å²) in [6.07, 6.45) is 1.81. The van der Waals surface area contributed by atoms with E-state index < -0.39 is 24.1 Å². The van der Waals surface area contributed by atoms with Gasteiger partial charge in [-0.15, -0.1) is 0 Å². The van der Waals surface area contributed by atoms with Gasteiger partial charge in [-0.1, -0.05) is 29.3 Å². The molecule has 22 heavy (non-hydrogen) atoms. The highest BCUT2D eigenvalue weighted by Gasteiger charge is 2.52. The minimum absolute atomic E-state index is 0.0221. The lowest BCUT2D eigenvalue weighted by molar-refractivity contribution is 0.00578. The van der Waals surface area contributed by atoms with Gasteiger partial charge in [-0.25, -0.2) is 4.39 Å². The first-order chi connectivity index (χ1) is 10.1. The number of rotatable bonds is 3. The lowest BCUT2D eigenvalue weighted by Gasteiger charge is -2.32. The lowest BCUT2D eigenvalue weighted by atomic mass is 9.78. The predicted molar refractivity (Wildman–Crippen MR) is 94.3 cm³/mol. The second kappa shape index (κ2) is 6.37. The van der Waals surface area contributed by atoms with Crippen LogP contribution in [0, 0.1) is 5.82 Å². The fourth-order valence-corrected chi connectivity index (χ4v) is 2.80. The number of benzene rings is 1. The zero-order valence-corrected chi connectivity index (χ0v) is 15.3. The fourth-order valence-electron chi connectivity index (χ4n) is 2.06. The van der Waals surface area contributed by atoms with E-state index in [1.165, 1.54) is 12.1 Å². The van der Waals surface area contributed by atoms with Crippen LogP contribution in [0.25, 0.3) is 6.08 Å². The molecule has 1 aliphatic rings. The molecule has 1 aromatic rings. The molecule has 0 aromatic heterocycles. The van der Waals surface area contributed by atoms with E-state index in [1.807, 2.05) is 33.8 Å². The van der Waals surface area contributed by atoms with Gasteiger partial charge < -0.3 is 9.31 Å². The van der Waals surface area contributed by atoms with Crippen molar-refractivity contribution in [3.05, 3.63) is 39.0 Å². The third-order valence-corrected chi connectivity index (χ3v) is 5.01. The fraction of sp³-hybridized carbons (Fsp3) is 0.467. The van der Waals surface area contributed by atoms with Gasteiger partial charge in [0, 0.05) is 5.75 Å². The van der Waals surface area contributed by atoms with Crippen LogP contribution in [-0.2, 0) is 9.31 Å². The summed E-state index contributed by atoms with van der Waals surface area (Å²) in [5.41, 5.74) is 0.631. The SMILES string of the molecule is CC1(C)OB(C(=Cc2cc(Cl)c(F)c(Cl)c2)CS)OC1(C)C. The molecule has 0 radical (unpaired) electrons. The maximum Gasteiger partial charge on any atom is 0.491 e. The van der Waals surface area contributed by atoms with Crippen LogP contribution in [0.15, 0.2) is 17.6 Å². The smallest absolute Gasteiger partial charge is 0.400 e. The van der Waals surface area contributed by atoms with Crippen molar-refractivity contribution in [2.24, 2.45) is 0 Å². The Morgan fingerprint density at radius 3 is 2.05 bits per heavy atom. The Balaban J connectivity index is 2.34. The van der Waals surface area contributed by atoms with Gasteiger partial charge in [0.05, 0.1) is 21.2 Å². The minimum Gasteiger partial charge on any atom is -0.400 e. The lowest BCUT2D eigenvalue weighted by Crippen LogP contribution is -2.41. The summed E-state index contributed by atoms with van der Waals surface area (Å²) in [4.78, 5) is 0. The van der Waals surface area contributed by atoms with E-state index in [-0.39, 0.29) is 10.0 Å². The molecule has 2 rings (SSSR count). The number of halogens is 3. The molecule has 0 amide bonds. The second-order valence-corrected chi connectivity index (χ2v) is 7.39. The average Bonchev–Trinajstić information content (AvgIpc) is 2.61. The van der Waals surface area contributed by atoms with Crippen LogP contribution in [0.4, 0.5) is 4.39 Å². The van der Waals surface area contributed by atoms with Gasteiger partial charge in [0.2, 0.25) is 0 Å². The number of hydrogen-bond donors (Lipinski definition) is 1. The van der Waals surface area contributed by atoms with Crippen molar-refractivity contribution < 1.29 is 13.7 Å². The highest BCUT2D eigenvalue weighted by molar-refractivity contribution is 7.80. The van der Waals surface area contributed by atoms with Crippen LogP contribution in [0.3, 0.4) is 0 Å². The van der Waals surface area contributed by atoms with Crippen molar-refractivity contribution in [3.63, 3.8) is 0 Å². The van der Waals surface area contributed by atoms with Gasteiger partial charge in [-0.05, 0) is 50.9 Å². The monoisotopic (exact) mass is 362 g/mol. The van der Waals surface area contributed by atoms with Crippen LogP contribution >= 0.6 is 35.8 Å². The summed E-state index contributed by atoms with van der Waals surface area (Å²) < 4.78 is 25.5. The van der Waals surface area contributed by atoms with E-state index in [0.29, 0.717) is 11.3 Å². The van der Waals surface area contributed by atoms with Gasteiger partial charge in [0.15, 0.2) is 5.82 Å². The van der Waals surface area contributed by atoms with Crippen molar-refractivity contribution >= 4 is 49.0 Å². The zero-order chi connectivity index (χ0) is 16.7. The molecule has 0 unspecified atom stereocenters. The molecule has 0 bridgehead atoms. The molecule has 0 saturated carbocycles. The van der Waals surface area contributed by atoms with E-state index >= 15 is 0 Å². The van der Waals surface area contributed by atoms with Crippen molar-refractivity contribution in [2.75, 3.05) is 5.75 Å². The van der Waals surface area contributed by atoms with Crippen LogP contribution in [-0.4, -0.2) is 24.1 Å².